The summed E-state index contributed by atoms with van der Waals surface area (Å²) in [7, 11) is 0. The first kappa shape index (κ1) is 15.8. The van der Waals surface area contributed by atoms with E-state index in [0.717, 1.165) is 41.2 Å². The third kappa shape index (κ3) is 3.55. The van der Waals surface area contributed by atoms with E-state index < -0.39 is 0 Å². The number of nitrogens with one attached hydrogen (secondary N) is 1. The van der Waals surface area contributed by atoms with Gasteiger partial charge in [0.05, 0.1) is 11.2 Å². The third-order valence-corrected chi connectivity index (χ3v) is 4.65. The van der Waals surface area contributed by atoms with Crippen molar-refractivity contribution in [2.24, 2.45) is 0 Å². The van der Waals surface area contributed by atoms with E-state index >= 15 is 0 Å². The van der Waals surface area contributed by atoms with Gasteiger partial charge in [0.2, 0.25) is 5.95 Å². The molecule has 0 unspecified atom stereocenters. The number of pyridine rings is 1. The smallest absolute Gasteiger partial charge is 0.229 e. The highest BCUT2D eigenvalue weighted by Crippen LogP contribution is 2.25. The fourth-order valence-corrected chi connectivity index (χ4v) is 3.40. The number of rotatable bonds is 3. The second kappa shape index (κ2) is 7.05. The van der Waals surface area contributed by atoms with Gasteiger partial charge in [-0.2, -0.15) is 4.98 Å². The molecule has 1 aliphatic rings. The quantitative estimate of drug-likeness (QED) is 0.767. The molecule has 0 spiro atoms. The Labute approximate surface area is 148 Å². The Morgan fingerprint density at radius 3 is 2.60 bits per heavy atom. The zero-order valence-electron chi connectivity index (χ0n) is 14.6. The summed E-state index contributed by atoms with van der Waals surface area (Å²) in [5.41, 5.74) is 2.85. The normalized spacial score (nSPS) is 15.2. The standard InChI is InChI=1S/C20H23N5/c1-15-14-18(25-12-4-2-3-5-13-25)24-20(22-15)23-17-10-6-8-16-9-7-11-21-19(16)17/h6-11,14H,2-5,12-13H2,1H3,(H,22,23,24). The van der Waals surface area contributed by atoms with Gasteiger partial charge >= 0.3 is 0 Å². The molecule has 5 heteroatoms. The van der Waals surface area contributed by atoms with Gasteiger partial charge in [-0.05, 0) is 31.9 Å². The number of aryl methyl sites for hydroxylation is 1. The molecule has 0 saturated carbocycles. The van der Waals surface area contributed by atoms with E-state index in [9.17, 15) is 0 Å². The van der Waals surface area contributed by atoms with Crippen LogP contribution in [0.1, 0.15) is 31.4 Å². The summed E-state index contributed by atoms with van der Waals surface area (Å²) in [6.07, 6.45) is 6.91. The first-order valence-electron chi connectivity index (χ1n) is 9.01. The van der Waals surface area contributed by atoms with Crippen LogP contribution in [0.15, 0.2) is 42.6 Å². The molecule has 25 heavy (non-hydrogen) atoms. The van der Waals surface area contributed by atoms with Crippen molar-refractivity contribution in [2.45, 2.75) is 32.6 Å². The van der Waals surface area contributed by atoms with E-state index in [0.29, 0.717) is 5.95 Å². The van der Waals surface area contributed by atoms with Crippen LogP contribution in [-0.2, 0) is 0 Å². The van der Waals surface area contributed by atoms with Crippen LogP contribution in [-0.4, -0.2) is 28.0 Å². The molecule has 1 aliphatic heterocycles. The van der Waals surface area contributed by atoms with Crippen LogP contribution in [0.5, 0.6) is 0 Å². The van der Waals surface area contributed by atoms with Crippen molar-refractivity contribution in [3.8, 4) is 0 Å². The van der Waals surface area contributed by atoms with E-state index in [1.54, 1.807) is 0 Å². The number of anilines is 3. The monoisotopic (exact) mass is 333 g/mol. The minimum Gasteiger partial charge on any atom is -0.356 e. The van der Waals surface area contributed by atoms with Crippen molar-refractivity contribution in [3.05, 3.63) is 48.3 Å². The van der Waals surface area contributed by atoms with E-state index in [2.05, 4.69) is 38.4 Å². The average molecular weight is 333 g/mol. The maximum Gasteiger partial charge on any atom is 0.229 e. The summed E-state index contributed by atoms with van der Waals surface area (Å²) in [6, 6.07) is 12.2. The molecule has 0 radical (unpaired) electrons. The van der Waals surface area contributed by atoms with Crippen LogP contribution < -0.4 is 10.2 Å². The fourth-order valence-electron chi connectivity index (χ4n) is 3.40. The summed E-state index contributed by atoms with van der Waals surface area (Å²) in [5.74, 6) is 1.66. The molecule has 0 amide bonds. The van der Waals surface area contributed by atoms with Crippen LogP contribution in [0.25, 0.3) is 10.9 Å². The van der Waals surface area contributed by atoms with E-state index in [1.165, 1.54) is 25.7 Å². The molecule has 1 aromatic carbocycles. The number of para-hydroxylation sites is 1. The summed E-state index contributed by atoms with van der Waals surface area (Å²) in [6.45, 7) is 4.17. The summed E-state index contributed by atoms with van der Waals surface area (Å²) in [5, 5.41) is 4.48. The van der Waals surface area contributed by atoms with E-state index in [-0.39, 0.29) is 0 Å². The van der Waals surface area contributed by atoms with Crippen molar-refractivity contribution in [2.75, 3.05) is 23.3 Å². The summed E-state index contributed by atoms with van der Waals surface area (Å²) in [4.78, 5) is 16.2. The second-order valence-corrected chi connectivity index (χ2v) is 6.60. The topological polar surface area (TPSA) is 53.9 Å². The highest BCUT2D eigenvalue weighted by atomic mass is 15.2. The predicted octanol–water partition coefficient (Wildman–Crippen LogP) is 4.46. The van der Waals surface area contributed by atoms with E-state index in [4.69, 9.17) is 4.98 Å². The van der Waals surface area contributed by atoms with Crippen LogP contribution in [0.2, 0.25) is 0 Å². The minimum atomic E-state index is 0.636. The lowest BCUT2D eigenvalue weighted by atomic mass is 10.2. The summed E-state index contributed by atoms with van der Waals surface area (Å²) < 4.78 is 0. The lowest BCUT2D eigenvalue weighted by molar-refractivity contribution is 0.726. The van der Waals surface area contributed by atoms with Gasteiger partial charge in [-0.3, -0.25) is 4.98 Å². The summed E-state index contributed by atoms with van der Waals surface area (Å²) >= 11 is 0. The van der Waals surface area contributed by atoms with Gasteiger partial charge in [0.15, 0.2) is 0 Å². The highest BCUT2D eigenvalue weighted by molar-refractivity contribution is 5.91. The van der Waals surface area contributed by atoms with Gasteiger partial charge in [0, 0.05) is 36.4 Å². The zero-order chi connectivity index (χ0) is 17.1. The number of benzene rings is 1. The highest BCUT2D eigenvalue weighted by Gasteiger charge is 2.13. The Kier molecular flexibility index (Phi) is 4.46. The fraction of sp³-hybridized carbons (Fsp3) is 0.350. The molecule has 1 N–H and O–H groups in total. The Morgan fingerprint density at radius 2 is 1.76 bits per heavy atom. The lowest BCUT2D eigenvalue weighted by Crippen LogP contribution is -2.25. The van der Waals surface area contributed by atoms with Crippen molar-refractivity contribution >= 4 is 28.4 Å². The Balaban J connectivity index is 1.66. The molecular weight excluding hydrogens is 310 g/mol. The lowest BCUT2D eigenvalue weighted by Gasteiger charge is -2.22. The van der Waals surface area contributed by atoms with Gasteiger partial charge in [-0.15, -0.1) is 0 Å². The molecule has 0 atom stereocenters. The minimum absolute atomic E-state index is 0.636. The Bertz CT molecular complexity index is 864. The zero-order valence-corrected chi connectivity index (χ0v) is 14.6. The van der Waals surface area contributed by atoms with Gasteiger partial charge < -0.3 is 10.2 Å². The second-order valence-electron chi connectivity index (χ2n) is 6.60. The molecule has 0 aliphatic carbocycles. The predicted molar refractivity (Wildman–Crippen MR) is 102 cm³/mol. The van der Waals surface area contributed by atoms with Crippen molar-refractivity contribution < 1.29 is 0 Å². The molecule has 1 saturated heterocycles. The van der Waals surface area contributed by atoms with Gasteiger partial charge in [0.25, 0.3) is 0 Å². The first-order valence-corrected chi connectivity index (χ1v) is 9.01. The maximum absolute atomic E-state index is 4.78. The number of aromatic nitrogens is 3. The largest absolute Gasteiger partial charge is 0.356 e. The van der Waals surface area contributed by atoms with Crippen LogP contribution in [0, 0.1) is 6.92 Å². The molecular formula is C20H23N5. The van der Waals surface area contributed by atoms with Crippen LogP contribution in [0.3, 0.4) is 0 Å². The average Bonchev–Trinajstić information content (AvgIpc) is 2.91. The molecule has 4 rings (SSSR count). The van der Waals surface area contributed by atoms with Gasteiger partial charge in [-0.25, -0.2) is 4.98 Å². The molecule has 3 heterocycles. The Hall–Kier alpha value is -2.69. The molecule has 3 aromatic rings. The van der Waals surface area contributed by atoms with Gasteiger partial charge in [0.1, 0.15) is 5.82 Å². The van der Waals surface area contributed by atoms with Crippen LogP contribution in [0.4, 0.5) is 17.5 Å². The molecule has 1 fully saturated rings. The molecule has 128 valence electrons. The Morgan fingerprint density at radius 1 is 0.960 bits per heavy atom. The third-order valence-electron chi connectivity index (χ3n) is 4.65. The maximum atomic E-state index is 4.78. The van der Waals surface area contributed by atoms with Crippen molar-refractivity contribution in [1.29, 1.82) is 0 Å². The number of hydrogen-bond donors (Lipinski definition) is 1. The molecule has 5 nitrogen and oxygen atoms in total. The van der Waals surface area contributed by atoms with Crippen LogP contribution >= 0.6 is 0 Å². The van der Waals surface area contributed by atoms with Crippen molar-refractivity contribution in [3.63, 3.8) is 0 Å². The number of hydrogen-bond acceptors (Lipinski definition) is 5. The van der Waals surface area contributed by atoms with E-state index in [1.807, 2.05) is 31.3 Å². The SMILES string of the molecule is Cc1cc(N2CCCCCC2)nc(Nc2cccc3cccnc23)n1. The van der Waals surface area contributed by atoms with Gasteiger partial charge in [-0.1, -0.05) is 31.0 Å². The molecule has 2 aromatic heterocycles. The van der Waals surface area contributed by atoms with Crippen molar-refractivity contribution in [1.82, 2.24) is 15.0 Å². The molecule has 0 bridgehead atoms. The first-order chi connectivity index (χ1) is 12.3. The number of nitrogens with zero attached hydrogens (tertiary/aromatic N) is 4. The number of fused-ring (bicyclic) bond motifs is 1.